The SMILES string of the molecule is O=[PH](S)OCC(CO)CO. The second-order valence-corrected chi connectivity index (χ2v) is 3.72. The number of aliphatic hydroxyl groups excluding tert-OH is 2. The lowest BCUT2D eigenvalue weighted by Crippen LogP contribution is -2.15. The summed E-state index contributed by atoms with van der Waals surface area (Å²) in [5.74, 6) is -0.346. The summed E-state index contributed by atoms with van der Waals surface area (Å²) in [5.41, 5.74) is 0. The third-order valence-corrected chi connectivity index (χ3v) is 1.76. The third-order valence-electron chi connectivity index (χ3n) is 0.959. The third kappa shape index (κ3) is 5.26. The van der Waals surface area contributed by atoms with Crippen LogP contribution in [0.4, 0.5) is 0 Å². The topological polar surface area (TPSA) is 66.8 Å². The largest absolute Gasteiger partial charge is 0.396 e. The van der Waals surface area contributed by atoms with E-state index in [9.17, 15) is 4.57 Å². The maximum absolute atomic E-state index is 10.2. The van der Waals surface area contributed by atoms with Crippen LogP contribution in [-0.4, -0.2) is 30.0 Å². The van der Waals surface area contributed by atoms with Crippen LogP contribution < -0.4 is 0 Å². The van der Waals surface area contributed by atoms with Crippen molar-refractivity contribution in [1.82, 2.24) is 0 Å². The minimum atomic E-state index is -2.23. The van der Waals surface area contributed by atoms with Crippen LogP contribution in [0.1, 0.15) is 0 Å². The number of rotatable bonds is 5. The summed E-state index contributed by atoms with van der Waals surface area (Å²) < 4.78 is 14.8. The van der Waals surface area contributed by atoms with Crippen molar-refractivity contribution in [1.29, 1.82) is 0 Å². The van der Waals surface area contributed by atoms with Crippen molar-refractivity contribution in [3.8, 4) is 0 Å². The Morgan fingerprint density at radius 2 is 2.00 bits per heavy atom. The average molecular weight is 186 g/mol. The molecule has 1 atom stereocenters. The Labute approximate surface area is 65.2 Å². The molecule has 0 aliphatic carbocycles. The van der Waals surface area contributed by atoms with E-state index in [2.05, 4.69) is 16.8 Å². The highest BCUT2D eigenvalue weighted by atomic mass is 32.7. The lowest BCUT2D eigenvalue weighted by atomic mass is 10.2. The maximum Gasteiger partial charge on any atom is 0.243 e. The van der Waals surface area contributed by atoms with E-state index in [1.54, 1.807) is 0 Å². The minimum Gasteiger partial charge on any atom is -0.396 e. The number of hydrogen-bond acceptors (Lipinski definition) is 4. The van der Waals surface area contributed by atoms with Gasteiger partial charge in [0.05, 0.1) is 19.8 Å². The van der Waals surface area contributed by atoms with Crippen molar-refractivity contribution in [2.75, 3.05) is 19.8 Å². The van der Waals surface area contributed by atoms with Crippen molar-refractivity contribution in [3.63, 3.8) is 0 Å². The van der Waals surface area contributed by atoms with Crippen LogP contribution >= 0.6 is 19.5 Å². The molecule has 62 valence electrons. The van der Waals surface area contributed by atoms with E-state index < -0.39 is 7.23 Å². The van der Waals surface area contributed by atoms with Gasteiger partial charge in [0.25, 0.3) is 0 Å². The van der Waals surface area contributed by atoms with Crippen LogP contribution in [0.15, 0.2) is 0 Å². The molecule has 0 saturated heterocycles. The Morgan fingerprint density at radius 1 is 1.50 bits per heavy atom. The molecule has 6 heteroatoms. The van der Waals surface area contributed by atoms with E-state index in [1.165, 1.54) is 0 Å². The second-order valence-electron chi connectivity index (χ2n) is 1.81. The van der Waals surface area contributed by atoms with E-state index in [0.717, 1.165) is 0 Å². The van der Waals surface area contributed by atoms with Gasteiger partial charge < -0.3 is 14.7 Å². The average Bonchev–Trinajstić information content (AvgIpc) is 1.90. The zero-order valence-electron chi connectivity index (χ0n) is 5.36. The molecule has 4 nitrogen and oxygen atoms in total. The first-order valence-electron chi connectivity index (χ1n) is 2.78. The Morgan fingerprint density at radius 3 is 2.30 bits per heavy atom. The highest BCUT2D eigenvalue weighted by molar-refractivity contribution is 8.39. The molecule has 0 aromatic heterocycles. The van der Waals surface area contributed by atoms with Crippen LogP contribution in [0.2, 0.25) is 0 Å². The molecule has 2 N–H and O–H groups in total. The highest BCUT2D eigenvalue weighted by Crippen LogP contribution is 2.27. The fourth-order valence-corrected chi connectivity index (χ4v) is 0.954. The van der Waals surface area contributed by atoms with Crippen molar-refractivity contribution in [3.05, 3.63) is 0 Å². The van der Waals surface area contributed by atoms with Crippen molar-refractivity contribution >= 4 is 19.5 Å². The first kappa shape index (κ1) is 10.5. The number of aliphatic hydroxyl groups is 2. The van der Waals surface area contributed by atoms with Gasteiger partial charge in [0.1, 0.15) is 0 Å². The molecule has 0 rings (SSSR count). The van der Waals surface area contributed by atoms with Gasteiger partial charge in [-0.25, -0.2) is 0 Å². The monoisotopic (exact) mass is 186 g/mol. The quantitative estimate of drug-likeness (QED) is 0.415. The number of thiol groups is 1. The first-order valence-corrected chi connectivity index (χ1v) is 5.38. The lowest BCUT2D eigenvalue weighted by Gasteiger charge is -2.08. The molecule has 0 spiro atoms. The normalized spacial score (nSPS) is 14.0. The summed E-state index contributed by atoms with van der Waals surface area (Å²) in [7, 11) is -2.23. The molecule has 0 radical (unpaired) electrons. The predicted molar refractivity (Wildman–Crippen MR) is 41.6 cm³/mol. The van der Waals surface area contributed by atoms with E-state index in [0.29, 0.717) is 0 Å². The summed E-state index contributed by atoms with van der Waals surface area (Å²) in [6.45, 7) is -0.243. The van der Waals surface area contributed by atoms with Gasteiger partial charge in [0, 0.05) is 5.92 Å². The smallest absolute Gasteiger partial charge is 0.243 e. The molecule has 0 amide bonds. The van der Waals surface area contributed by atoms with E-state index in [1.807, 2.05) is 0 Å². The summed E-state index contributed by atoms with van der Waals surface area (Å²) in [4.78, 5) is 0. The van der Waals surface area contributed by atoms with E-state index >= 15 is 0 Å². The predicted octanol–water partition coefficient (Wildman–Crippen LogP) is -0.0767. The molecule has 0 fully saturated rings. The van der Waals surface area contributed by atoms with Gasteiger partial charge in [-0.3, -0.25) is 4.57 Å². The lowest BCUT2D eigenvalue weighted by molar-refractivity contribution is 0.111. The van der Waals surface area contributed by atoms with Crippen LogP contribution in [0.5, 0.6) is 0 Å². The Hall–Kier alpha value is 0.460. The summed E-state index contributed by atoms with van der Waals surface area (Å²) in [6, 6.07) is 0. The fraction of sp³-hybridized carbons (Fsp3) is 1.00. The molecular weight excluding hydrogens is 175 g/mol. The molecular formula is C4H11O4PS. The minimum absolute atomic E-state index is 0.0916. The molecule has 0 heterocycles. The molecule has 10 heavy (non-hydrogen) atoms. The zero-order valence-corrected chi connectivity index (χ0v) is 7.25. The molecule has 0 aromatic carbocycles. The van der Waals surface area contributed by atoms with E-state index in [-0.39, 0.29) is 25.7 Å². The zero-order chi connectivity index (χ0) is 7.98. The van der Waals surface area contributed by atoms with Crippen LogP contribution in [0, 0.1) is 5.92 Å². The van der Waals surface area contributed by atoms with E-state index in [4.69, 9.17) is 10.2 Å². The number of hydrogen-bond donors (Lipinski definition) is 3. The van der Waals surface area contributed by atoms with Crippen molar-refractivity contribution in [2.24, 2.45) is 5.92 Å². The molecule has 0 aliphatic heterocycles. The van der Waals surface area contributed by atoms with Crippen LogP contribution in [0.3, 0.4) is 0 Å². The molecule has 0 saturated carbocycles. The van der Waals surface area contributed by atoms with Crippen LogP contribution in [0.25, 0.3) is 0 Å². The summed E-state index contributed by atoms with van der Waals surface area (Å²) in [6.07, 6.45) is 0. The van der Waals surface area contributed by atoms with Gasteiger partial charge in [-0.1, -0.05) is 12.2 Å². The Kier molecular flexibility index (Phi) is 6.47. The standard InChI is InChI=1S/C4H11O4PS/c5-1-4(2-6)3-8-9(7)10/h4-6,9H,1-3H2,(H,7,10). The second kappa shape index (κ2) is 6.19. The summed E-state index contributed by atoms with van der Waals surface area (Å²) >= 11 is 3.51. The first-order chi connectivity index (χ1) is 4.70. The highest BCUT2D eigenvalue weighted by Gasteiger charge is 2.05. The van der Waals surface area contributed by atoms with Crippen LogP contribution in [-0.2, 0) is 9.09 Å². The molecule has 0 bridgehead atoms. The molecule has 1 unspecified atom stereocenters. The maximum atomic E-state index is 10.2. The summed E-state index contributed by atoms with van der Waals surface area (Å²) in [5, 5.41) is 17.0. The van der Waals surface area contributed by atoms with Gasteiger partial charge in [-0.05, 0) is 0 Å². The molecule has 0 aliphatic rings. The van der Waals surface area contributed by atoms with Gasteiger partial charge in [0.15, 0.2) is 0 Å². The fourth-order valence-electron chi connectivity index (χ4n) is 0.352. The Bertz CT molecular complexity index is 105. The Balaban J connectivity index is 3.34. The van der Waals surface area contributed by atoms with Gasteiger partial charge in [-0.2, -0.15) is 0 Å². The van der Waals surface area contributed by atoms with Gasteiger partial charge >= 0.3 is 0 Å². The van der Waals surface area contributed by atoms with Crippen molar-refractivity contribution < 1.29 is 19.3 Å². The molecule has 0 aromatic rings. The van der Waals surface area contributed by atoms with Crippen molar-refractivity contribution in [2.45, 2.75) is 0 Å². The van der Waals surface area contributed by atoms with Gasteiger partial charge in [-0.15, -0.1) is 0 Å². The van der Waals surface area contributed by atoms with Gasteiger partial charge in [0.2, 0.25) is 7.23 Å².